The number of para-hydroxylation sites is 1. The van der Waals surface area contributed by atoms with E-state index in [2.05, 4.69) is 16.9 Å². The second-order valence-corrected chi connectivity index (χ2v) is 6.10. The molecule has 0 saturated carbocycles. The molecule has 0 aliphatic carbocycles. The fourth-order valence-corrected chi connectivity index (χ4v) is 2.70. The molecule has 0 radical (unpaired) electrons. The van der Waals surface area contributed by atoms with Crippen LogP contribution in [0.2, 0.25) is 0 Å². The maximum absolute atomic E-state index is 12.4. The highest BCUT2D eigenvalue weighted by Crippen LogP contribution is 2.12. The van der Waals surface area contributed by atoms with Gasteiger partial charge >= 0.3 is 0 Å². The number of hydrogen-bond acceptors (Lipinski definition) is 3. The monoisotopic (exact) mass is 339 g/mol. The lowest BCUT2D eigenvalue weighted by Crippen LogP contribution is -2.44. The van der Waals surface area contributed by atoms with Gasteiger partial charge in [-0.2, -0.15) is 0 Å². The number of carbonyl (C=O) groups is 2. The van der Waals surface area contributed by atoms with Crippen LogP contribution in [0.4, 0.5) is 0 Å². The van der Waals surface area contributed by atoms with Crippen LogP contribution < -0.4 is 11.1 Å². The van der Waals surface area contributed by atoms with Gasteiger partial charge in [0.15, 0.2) is 0 Å². The number of carbonyl (C=O) groups excluding carboxylic acids is 2. The Hall–Kier alpha value is -2.69. The standard InChI is InChI=1S/C20H25N3O2/c1-2-3-4-5-6-7-12-17(19(21)24)23-20(25)18-14-13-15-10-8-9-11-16(15)22-18/h2,8-11,13-14,17H,1,3-7,12H2,(H2,21,24)(H,23,25)/t17-/m0/s1. The predicted molar refractivity (Wildman–Crippen MR) is 100 cm³/mol. The fraction of sp³-hybridized carbons (Fsp3) is 0.350. The van der Waals surface area contributed by atoms with Gasteiger partial charge in [0.2, 0.25) is 5.91 Å². The molecule has 0 aliphatic rings. The van der Waals surface area contributed by atoms with Gasteiger partial charge in [0.25, 0.3) is 5.91 Å². The Kier molecular flexibility index (Phi) is 7.14. The van der Waals surface area contributed by atoms with Crippen LogP contribution in [-0.2, 0) is 4.79 Å². The van der Waals surface area contributed by atoms with Crippen molar-refractivity contribution in [2.24, 2.45) is 5.73 Å². The number of benzene rings is 1. The first kappa shape index (κ1) is 18.6. The van der Waals surface area contributed by atoms with E-state index >= 15 is 0 Å². The van der Waals surface area contributed by atoms with Gasteiger partial charge in [-0.1, -0.05) is 49.6 Å². The molecule has 0 spiro atoms. The van der Waals surface area contributed by atoms with Crippen LogP contribution >= 0.6 is 0 Å². The minimum atomic E-state index is -0.667. The molecule has 0 fully saturated rings. The molecule has 2 aromatic rings. The van der Waals surface area contributed by atoms with E-state index in [9.17, 15) is 9.59 Å². The molecule has 1 aromatic heterocycles. The lowest BCUT2D eigenvalue weighted by atomic mass is 10.1. The number of allylic oxidation sites excluding steroid dienone is 1. The molecule has 5 nitrogen and oxygen atoms in total. The largest absolute Gasteiger partial charge is 0.368 e. The van der Waals surface area contributed by atoms with E-state index in [0.29, 0.717) is 6.42 Å². The van der Waals surface area contributed by atoms with Crippen LogP contribution in [0, 0.1) is 0 Å². The van der Waals surface area contributed by atoms with Crippen LogP contribution in [0.5, 0.6) is 0 Å². The summed E-state index contributed by atoms with van der Waals surface area (Å²) in [6, 6.07) is 10.4. The van der Waals surface area contributed by atoms with Crippen molar-refractivity contribution in [3.63, 3.8) is 0 Å². The number of hydrogen-bond donors (Lipinski definition) is 2. The van der Waals surface area contributed by atoms with Crippen molar-refractivity contribution in [3.05, 3.63) is 54.7 Å². The van der Waals surface area contributed by atoms with E-state index in [1.54, 1.807) is 6.07 Å². The Morgan fingerprint density at radius 1 is 1.12 bits per heavy atom. The SMILES string of the molecule is C=CCCCCCC[C@H](NC(=O)c1ccc2ccccc2n1)C(N)=O. The highest BCUT2D eigenvalue weighted by Gasteiger charge is 2.19. The smallest absolute Gasteiger partial charge is 0.270 e. The minimum Gasteiger partial charge on any atom is -0.368 e. The first-order valence-electron chi connectivity index (χ1n) is 8.68. The molecular weight excluding hydrogens is 314 g/mol. The number of aromatic nitrogens is 1. The highest BCUT2D eigenvalue weighted by molar-refractivity contribution is 5.97. The van der Waals surface area contributed by atoms with Gasteiger partial charge in [-0.3, -0.25) is 9.59 Å². The predicted octanol–water partition coefficient (Wildman–Crippen LogP) is 3.35. The number of unbranched alkanes of at least 4 members (excludes halogenated alkanes) is 4. The third-order valence-electron chi connectivity index (χ3n) is 4.13. The third kappa shape index (κ3) is 5.71. The van der Waals surface area contributed by atoms with Crippen molar-refractivity contribution in [2.75, 3.05) is 0 Å². The van der Waals surface area contributed by atoms with Gasteiger partial charge in [0.1, 0.15) is 11.7 Å². The van der Waals surface area contributed by atoms with Gasteiger partial charge < -0.3 is 11.1 Å². The quantitative estimate of drug-likeness (QED) is 0.514. The highest BCUT2D eigenvalue weighted by atomic mass is 16.2. The summed E-state index contributed by atoms with van der Waals surface area (Å²) in [4.78, 5) is 28.3. The summed E-state index contributed by atoms with van der Waals surface area (Å²) in [6.07, 6.45) is 7.48. The van der Waals surface area contributed by atoms with Crippen molar-refractivity contribution >= 4 is 22.7 Å². The van der Waals surface area contributed by atoms with Crippen molar-refractivity contribution in [1.29, 1.82) is 0 Å². The first-order chi connectivity index (χ1) is 12.1. The molecule has 0 saturated heterocycles. The zero-order valence-corrected chi connectivity index (χ0v) is 14.4. The summed E-state index contributed by atoms with van der Waals surface area (Å²) in [5, 5.41) is 3.67. The number of pyridine rings is 1. The molecule has 0 unspecified atom stereocenters. The Balaban J connectivity index is 1.92. The average molecular weight is 339 g/mol. The molecule has 132 valence electrons. The summed E-state index contributed by atoms with van der Waals surface area (Å²) < 4.78 is 0. The van der Waals surface area contributed by atoms with Crippen LogP contribution in [-0.4, -0.2) is 22.8 Å². The second-order valence-electron chi connectivity index (χ2n) is 6.10. The maximum atomic E-state index is 12.4. The number of nitrogens with one attached hydrogen (secondary N) is 1. The van der Waals surface area contributed by atoms with E-state index in [0.717, 1.165) is 43.0 Å². The van der Waals surface area contributed by atoms with Crippen LogP contribution in [0.3, 0.4) is 0 Å². The average Bonchev–Trinajstić information content (AvgIpc) is 2.62. The molecule has 1 aromatic carbocycles. The molecule has 0 aliphatic heterocycles. The zero-order chi connectivity index (χ0) is 18.1. The summed E-state index contributed by atoms with van der Waals surface area (Å²) in [5.74, 6) is -0.888. The first-order valence-corrected chi connectivity index (χ1v) is 8.68. The topological polar surface area (TPSA) is 85.1 Å². The third-order valence-corrected chi connectivity index (χ3v) is 4.13. The summed E-state index contributed by atoms with van der Waals surface area (Å²) in [7, 11) is 0. The van der Waals surface area contributed by atoms with Crippen molar-refractivity contribution in [2.45, 2.75) is 44.6 Å². The van der Waals surface area contributed by atoms with Crippen molar-refractivity contribution in [3.8, 4) is 0 Å². The van der Waals surface area contributed by atoms with E-state index in [-0.39, 0.29) is 11.6 Å². The molecule has 2 rings (SSSR count). The van der Waals surface area contributed by atoms with E-state index in [1.807, 2.05) is 36.4 Å². The molecule has 2 amide bonds. The van der Waals surface area contributed by atoms with E-state index in [1.165, 1.54) is 0 Å². The maximum Gasteiger partial charge on any atom is 0.270 e. The number of fused-ring (bicyclic) bond motifs is 1. The lowest BCUT2D eigenvalue weighted by Gasteiger charge is -2.15. The number of nitrogens with two attached hydrogens (primary N) is 1. The van der Waals surface area contributed by atoms with E-state index < -0.39 is 11.9 Å². The number of nitrogens with zero attached hydrogens (tertiary/aromatic N) is 1. The second kappa shape index (κ2) is 9.57. The van der Waals surface area contributed by atoms with Crippen molar-refractivity contribution < 1.29 is 9.59 Å². The Morgan fingerprint density at radius 2 is 1.88 bits per heavy atom. The molecule has 1 heterocycles. The van der Waals surface area contributed by atoms with Gasteiger partial charge in [-0.25, -0.2) is 4.98 Å². The minimum absolute atomic E-state index is 0.288. The van der Waals surface area contributed by atoms with Crippen LogP contribution in [0.15, 0.2) is 49.1 Å². The Morgan fingerprint density at radius 3 is 2.64 bits per heavy atom. The van der Waals surface area contributed by atoms with Gasteiger partial charge in [-0.05, 0) is 31.4 Å². The zero-order valence-electron chi connectivity index (χ0n) is 14.4. The van der Waals surface area contributed by atoms with Crippen LogP contribution in [0.25, 0.3) is 10.9 Å². The number of rotatable bonds is 10. The Labute approximate surface area is 148 Å². The van der Waals surface area contributed by atoms with Crippen LogP contribution in [0.1, 0.15) is 49.0 Å². The Bertz CT molecular complexity index is 743. The number of primary amides is 1. The molecule has 0 bridgehead atoms. The van der Waals surface area contributed by atoms with Gasteiger partial charge in [0, 0.05) is 5.39 Å². The number of amides is 2. The van der Waals surface area contributed by atoms with Gasteiger partial charge in [0.05, 0.1) is 5.52 Å². The molecular formula is C20H25N3O2. The summed E-state index contributed by atoms with van der Waals surface area (Å²) >= 11 is 0. The van der Waals surface area contributed by atoms with Gasteiger partial charge in [-0.15, -0.1) is 6.58 Å². The molecule has 3 N–H and O–H groups in total. The van der Waals surface area contributed by atoms with E-state index in [4.69, 9.17) is 5.73 Å². The fourth-order valence-electron chi connectivity index (χ4n) is 2.70. The molecule has 5 heteroatoms. The lowest BCUT2D eigenvalue weighted by molar-refractivity contribution is -0.120. The molecule has 1 atom stereocenters. The summed E-state index contributed by atoms with van der Waals surface area (Å²) in [6.45, 7) is 3.70. The van der Waals surface area contributed by atoms with Crippen molar-refractivity contribution in [1.82, 2.24) is 10.3 Å². The molecule has 25 heavy (non-hydrogen) atoms. The summed E-state index contributed by atoms with van der Waals surface area (Å²) in [5.41, 5.74) is 6.46. The normalized spacial score (nSPS) is 11.8.